The molecule has 0 saturated heterocycles. The Labute approximate surface area is 203 Å². The molecule has 0 aliphatic rings. The van der Waals surface area contributed by atoms with Gasteiger partial charge >= 0.3 is 29.8 Å². The number of carboxylic acids is 4. The third-order valence-corrected chi connectivity index (χ3v) is 3.71. The van der Waals surface area contributed by atoms with Crippen molar-refractivity contribution >= 4 is 36.1 Å². The molecule has 0 bridgehead atoms. The average Bonchev–Trinajstić information content (AvgIpc) is 2.79. The maximum atomic E-state index is 11.1. The first-order valence-corrected chi connectivity index (χ1v) is 9.95. The quantitative estimate of drug-likeness (QED) is 0.0785. The van der Waals surface area contributed by atoms with Crippen LogP contribution in [-0.2, 0) is 39.9 Å². The molecule has 0 saturated carbocycles. The van der Waals surface area contributed by atoms with Gasteiger partial charge in [-0.05, 0) is 5.56 Å². The summed E-state index contributed by atoms with van der Waals surface area (Å²) in [7, 11) is 0. The third kappa shape index (κ3) is 18.5. The number of aldehydes is 1. The number of rotatable bonds is 13. The van der Waals surface area contributed by atoms with Crippen molar-refractivity contribution in [3.63, 3.8) is 0 Å². The zero-order valence-electron chi connectivity index (χ0n) is 18.7. The minimum absolute atomic E-state index is 0.0245. The maximum Gasteiger partial charge on any atom is 0.314 e. The first-order valence-electron chi connectivity index (χ1n) is 9.95. The van der Waals surface area contributed by atoms with Crippen molar-refractivity contribution in [2.75, 3.05) is 6.61 Å². The molecule has 0 amide bonds. The van der Waals surface area contributed by atoms with Gasteiger partial charge in [0.15, 0.2) is 12.4 Å². The molecule has 1 aromatic rings. The van der Waals surface area contributed by atoms with Crippen molar-refractivity contribution in [3.05, 3.63) is 35.9 Å². The molecule has 15 heteroatoms. The number of benzene rings is 1. The Hall–Kier alpha value is -3.92. The molecule has 0 radical (unpaired) electrons. The van der Waals surface area contributed by atoms with E-state index in [1.807, 2.05) is 18.2 Å². The molecular formula is C21H28O15. The predicted octanol–water partition coefficient (Wildman–Crippen LogP) is -2.10. The third-order valence-electron chi connectivity index (χ3n) is 3.71. The predicted molar refractivity (Wildman–Crippen MR) is 116 cm³/mol. The molecule has 0 spiro atoms. The van der Waals surface area contributed by atoms with E-state index in [-0.39, 0.29) is 12.7 Å². The Kier molecular flexibility index (Phi) is 18.4. The van der Waals surface area contributed by atoms with Crippen LogP contribution in [0.25, 0.3) is 0 Å². The molecule has 0 aromatic heterocycles. The first kappa shape index (κ1) is 34.2. The fourth-order valence-corrected chi connectivity index (χ4v) is 2.03. The molecule has 8 N–H and O–H groups in total. The number of carboxylic acid groups (broad SMARTS) is 4. The van der Waals surface area contributed by atoms with Crippen LogP contribution in [0.2, 0.25) is 0 Å². The Morgan fingerprint density at radius 1 is 0.778 bits per heavy atom. The summed E-state index contributed by atoms with van der Waals surface area (Å²) in [5, 5.41) is 68.5. The van der Waals surface area contributed by atoms with Crippen LogP contribution in [0.15, 0.2) is 30.3 Å². The SMILES string of the molecule is O=C(O)CC(=O)O.O=C(O)Cc1ccccc1.O=C[C@H](OC(=O)CCC(=O)O)[C@@H](O)[C@@H](O)[C@H](O)CO. The van der Waals surface area contributed by atoms with Crippen LogP contribution >= 0.6 is 0 Å². The lowest BCUT2D eigenvalue weighted by Gasteiger charge is -2.25. The average molecular weight is 520 g/mol. The summed E-state index contributed by atoms with van der Waals surface area (Å²) in [5.74, 6) is -5.70. The highest BCUT2D eigenvalue weighted by atomic mass is 16.6. The van der Waals surface area contributed by atoms with Crippen molar-refractivity contribution in [1.82, 2.24) is 0 Å². The summed E-state index contributed by atoms with van der Waals surface area (Å²) >= 11 is 0. The fourth-order valence-electron chi connectivity index (χ4n) is 2.03. The van der Waals surface area contributed by atoms with Crippen LogP contribution in [0.3, 0.4) is 0 Å². The molecule has 1 aromatic carbocycles. The number of carbonyl (C=O) groups excluding carboxylic acids is 2. The molecule has 36 heavy (non-hydrogen) atoms. The summed E-state index contributed by atoms with van der Waals surface area (Å²) in [6.07, 6.45) is -9.00. The van der Waals surface area contributed by atoms with Gasteiger partial charge in [-0.3, -0.25) is 28.8 Å². The van der Waals surface area contributed by atoms with E-state index in [9.17, 15) is 39.0 Å². The van der Waals surface area contributed by atoms with Gasteiger partial charge in [-0.15, -0.1) is 0 Å². The molecule has 0 aliphatic heterocycles. The number of ether oxygens (including phenoxy) is 1. The Bertz CT molecular complexity index is 827. The Morgan fingerprint density at radius 3 is 1.67 bits per heavy atom. The first-order chi connectivity index (χ1) is 16.7. The molecule has 0 fully saturated rings. The van der Waals surface area contributed by atoms with Crippen LogP contribution in [-0.4, -0.2) is 108 Å². The van der Waals surface area contributed by atoms with Gasteiger partial charge in [-0.1, -0.05) is 30.3 Å². The van der Waals surface area contributed by atoms with E-state index in [0.29, 0.717) is 0 Å². The second-order valence-corrected chi connectivity index (χ2v) is 6.74. The summed E-state index contributed by atoms with van der Waals surface area (Å²) in [6.45, 7) is -0.864. The van der Waals surface area contributed by atoms with Gasteiger partial charge in [0.1, 0.15) is 24.7 Å². The molecule has 0 aliphatic carbocycles. The van der Waals surface area contributed by atoms with Crippen LogP contribution in [0.4, 0.5) is 0 Å². The molecular weight excluding hydrogens is 492 g/mol. The van der Waals surface area contributed by atoms with Crippen molar-refractivity contribution in [3.8, 4) is 0 Å². The lowest BCUT2D eigenvalue weighted by Crippen LogP contribution is -2.48. The van der Waals surface area contributed by atoms with Crippen LogP contribution in [0.5, 0.6) is 0 Å². The van der Waals surface area contributed by atoms with E-state index >= 15 is 0 Å². The number of aliphatic hydroxyl groups is 4. The van der Waals surface area contributed by atoms with E-state index in [4.69, 9.17) is 30.6 Å². The van der Waals surface area contributed by atoms with Crippen molar-refractivity contribution < 1.29 is 74.4 Å². The number of hydrogen-bond acceptors (Lipinski definition) is 11. The number of carbonyl (C=O) groups is 6. The zero-order valence-corrected chi connectivity index (χ0v) is 18.7. The van der Waals surface area contributed by atoms with E-state index in [0.717, 1.165) is 5.56 Å². The van der Waals surface area contributed by atoms with E-state index in [2.05, 4.69) is 4.74 Å². The standard InChI is InChI=1S/C10H16O9.C8H8O2.C3H4O4/c11-3-5(13)9(17)10(18)6(4-12)19-8(16)2-1-7(14)15;9-8(10)6-7-4-2-1-3-5-7;4-2(5)1-3(6)7/h4-6,9-11,13,17-18H,1-3H2,(H,14,15);1-5H,6H2,(H,9,10);1H2,(H,4,5)(H,6,7)/t5-,6+,9+,10-;;/m1../s1. The fraction of sp³-hybridized carbons (Fsp3) is 0.429. The van der Waals surface area contributed by atoms with Gasteiger partial charge in [-0.25, -0.2) is 0 Å². The molecule has 15 nitrogen and oxygen atoms in total. The van der Waals surface area contributed by atoms with E-state index in [1.165, 1.54) is 0 Å². The smallest absolute Gasteiger partial charge is 0.314 e. The van der Waals surface area contributed by atoms with Crippen LogP contribution in [0, 0.1) is 0 Å². The highest BCUT2D eigenvalue weighted by molar-refractivity contribution is 5.88. The Morgan fingerprint density at radius 2 is 1.31 bits per heavy atom. The van der Waals surface area contributed by atoms with Crippen LogP contribution < -0.4 is 0 Å². The van der Waals surface area contributed by atoms with Gasteiger partial charge in [0.2, 0.25) is 0 Å². The minimum Gasteiger partial charge on any atom is -0.481 e. The summed E-state index contributed by atoms with van der Waals surface area (Å²) in [6, 6.07) is 9.13. The van der Waals surface area contributed by atoms with Crippen LogP contribution in [0.1, 0.15) is 24.8 Å². The highest BCUT2D eigenvalue weighted by Gasteiger charge is 2.33. The van der Waals surface area contributed by atoms with Gasteiger partial charge in [0, 0.05) is 0 Å². The largest absolute Gasteiger partial charge is 0.481 e. The highest BCUT2D eigenvalue weighted by Crippen LogP contribution is 2.08. The monoisotopic (exact) mass is 520 g/mol. The molecule has 0 heterocycles. The lowest BCUT2D eigenvalue weighted by molar-refractivity contribution is -0.168. The number of esters is 1. The summed E-state index contributed by atoms with van der Waals surface area (Å²) < 4.78 is 4.45. The number of aliphatic carboxylic acids is 4. The summed E-state index contributed by atoms with van der Waals surface area (Å²) in [5.41, 5.74) is 0.843. The van der Waals surface area contributed by atoms with E-state index in [1.54, 1.807) is 12.1 Å². The van der Waals surface area contributed by atoms with Gasteiger partial charge in [0.25, 0.3) is 0 Å². The normalized spacial score (nSPS) is 13.1. The van der Waals surface area contributed by atoms with Gasteiger partial charge in [-0.2, -0.15) is 0 Å². The lowest BCUT2D eigenvalue weighted by atomic mass is 10.0. The van der Waals surface area contributed by atoms with Crippen molar-refractivity contribution in [2.24, 2.45) is 0 Å². The van der Waals surface area contributed by atoms with Gasteiger partial charge in [0.05, 0.1) is 25.9 Å². The second-order valence-electron chi connectivity index (χ2n) is 6.74. The minimum atomic E-state index is -1.94. The summed E-state index contributed by atoms with van der Waals surface area (Å²) in [4.78, 5) is 61.0. The number of hydrogen-bond donors (Lipinski definition) is 8. The second kappa shape index (κ2) is 19.4. The van der Waals surface area contributed by atoms with Gasteiger partial charge < -0.3 is 45.6 Å². The zero-order chi connectivity index (χ0) is 28.3. The maximum absolute atomic E-state index is 11.1. The van der Waals surface area contributed by atoms with Crippen molar-refractivity contribution in [1.29, 1.82) is 0 Å². The molecule has 1 rings (SSSR count). The molecule has 0 unspecified atom stereocenters. The van der Waals surface area contributed by atoms with E-state index < -0.39 is 80.1 Å². The topological polar surface area (TPSA) is 273 Å². The Balaban J connectivity index is 0. The number of aliphatic hydroxyl groups excluding tert-OH is 4. The molecule has 202 valence electrons. The molecule has 4 atom stereocenters. The van der Waals surface area contributed by atoms with Crippen molar-refractivity contribution in [2.45, 2.75) is 50.1 Å².